The van der Waals surface area contributed by atoms with E-state index in [1.165, 1.54) is 0 Å². The largest absolute Gasteiger partial charge is 0.497 e. The lowest BCUT2D eigenvalue weighted by Gasteiger charge is -2.38. The molecule has 2 aromatic rings. The fourth-order valence-electron chi connectivity index (χ4n) is 3.75. The molecule has 3 amide bonds. The molecule has 31 heavy (non-hydrogen) atoms. The number of nitrogens with one attached hydrogen (secondary N) is 2. The molecule has 162 valence electrons. The van der Waals surface area contributed by atoms with E-state index in [1.54, 1.807) is 60.5 Å². The van der Waals surface area contributed by atoms with E-state index in [-0.39, 0.29) is 11.9 Å². The Bertz CT molecular complexity index is 994. The summed E-state index contributed by atoms with van der Waals surface area (Å²) in [6, 6.07) is 13.8. The molecule has 0 radical (unpaired) electrons. The number of methoxy groups -OCH3 is 1. The topological polar surface area (TPSA) is 92.3 Å². The summed E-state index contributed by atoms with van der Waals surface area (Å²) in [6.07, 6.45) is 1.83. The van der Waals surface area contributed by atoms with Crippen molar-refractivity contribution in [3.8, 4) is 5.75 Å². The number of piperidine rings is 1. The van der Waals surface area contributed by atoms with Gasteiger partial charge in [0.1, 0.15) is 11.5 Å². The van der Waals surface area contributed by atoms with Gasteiger partial charge in [-0.3, -0.25) is 4.79 Å². The minimum Gasteiger partial charge on any atom is -0.497 e. The van der Waals surface area contributed by atoms with Crippen LogP contribution < -0.4 is 15.4 Å². The van der Waals surface area contributed by atoms with Crippen LogP contribution in [0.1, 0.15) is 19.3 Å². The van der Waals surface area contributed by atoms with E-state index in [9.17, 15) is 9.59 Å². The third-order valence-corrected chi connectivity index (χ3v) is 5.62. The van der Waals surface area contributed by atoms with Gasteiger partial charge in [0, 0.05) is 29.4 Å². The minimum atomic E-state index is -0.678. The summed E-state index contributed by atoms with van der Waals surface area (Å²) in [5.74, 6) is 0.391. The number of likely N-dealkylation sites (tertiary alicyclic amines) is 1. The van der Waals surface area contributed by atoms with Crippen LogP contribution in [0.2, 0.25) is 5.02 Å². The van der Waals surface area contributed by atoms with E-state index in [4.69, 9.17) is 21.2 Å². The van der Waals surface area contributed by atoms with Gasteiger partial charge in [0.15, 0.2) is 5.60 Å². The molecule has 2 aromatic carbocycles. The monoisotopic (exact) mass is 442 g/mol. The number of benzene rings is 2. The minimum absolute atomic E-state index is 0.221. The van der Waals surface area contributed by atoms with Crippen molar-refractivity contribution >= 4 is 40.6 Å². The molecule has 1 unspecified atom stereocenters. The normalized spacial score (nSPS) is 20.1. The number of amides is 3. The SMILES string of the molecule is COc1ccc(NC(=O)C2=NOC3(CCCN(C(=O)Nc4ccc(Cl)cc4)C3)C2)cc1. The van der Waals surface area contributed by atoms with Crippen molar-refractivity contribution in [2.75, 3.05) is 30.8 Å². The second-order valence-corrected chi connectivity index (χ2v) is 8.07. The van der Waals surface area contributed by atoms with Crippen LogP contribution in [0.3, 0.4) is 0 Å². The lowest BCUT2D eigenvalue weighted by Crippen LogP contribution is -2.52. The van der Waals surface area contributed by atoms with E-state index >= 15 is 0 Å². The Balaban J connectivity index is 1.35. The maximum atomic E-state index is 12.7. The van der Waals surface area contributed by atoms with Crippen LogP contribution in [0.4, 0.5) is 16.2 Å². The van der Waals surface area contributed by atoms with Gasteiger partial charge in [0.2, 0.25) is 0 Å². The smallest absolute Gasteiger partial charge is 0.321 e. The fraction of sp³-hybridized carbons (Fsp3) is 0.318. The first-order valence-corrected chi connectivity index (χ1v) is 10.4. The molecule has 0 aliphatic carbocycles. The summed E-state index contributed by atoms with van der Waals surface area (Å²) in [5, 5.41) is 10.3. The predicted octanol–water partition coefficient (Wildman–Crippen LogP) is 4.13. The zero-order valence-electron chi connectivity index (χ0n) is 17.1. The van der Waals surface area contributed by atoms with Crippen molar-refractivity contribution in [2.45, 2.75) is 24.9 Å². The lowest BCUT2D eigenvalue weighted by molar-refractivity contribution is -0.110. The van der Waals surface area contributed by atoms with Crippen molar-refractivity contribution in [1.82, 2.24) is 4.90 Å². The maximum Gasteiger partial charge on any atom is 0.321 e. The van der Waals surface area contributed by atoms with E-state index in [0.717, 1.165) is 12.8 Å². The van der Waals surface area contributed by atoms with E-state index in [0.29, 0.717) is 47.4 Å². The molecule has 2 aliphatic rings. The molecular formula is C22H23ClN4O4. The van der Waals surface area contributed by atoms with Gasteiger partial charge in [-0.05, 0) is 61.4 Å². The summed E-state index contributed by atoms with van der Waals surface area (Å²) in [6.45, 7) is 0.965. The second kappa shape index (κ2) is 8.85. The lowest BCUT2D eigenvalue weighted by atomic mass is 9.88. The first kappa shape index (κ1) is 21.0. The number of hydrogen-bond acceptors (Lipinski definition) is 5. The Morgan fingerprint density at radius 3 is 2.48 bits per heavy atom. The first-order chi connectivity index (χ1) is 15.0. The summed E-state index contributed by atoms with van der Waals surface area (Å²) in [4.78, 5) is 32.7. The van der Waals surface area contributed by atoms with Gasteiger partial charge in [0.25, 0.3) is 5.91 Å². The Morgan fingerprint density at radius 2 is 1.77 bits per heavy atom. The number of carbonyl (C=O) groups is 2. The molecule has 2 heterocycles. The summed E-state index contributed by atoms with van der Waals surface area (Å²) < 4.78 is 5.12. The highest BCUT2D eigenvalue weighted by Crippen LogP contribution is 2.34. The number of anilines is 2. The van der Waals surface area contributed by atoms with Gasteiger partial charge in [-0.15, -0.1) is 0 Å². The van der Waals surface area contributed by atoms with E-state index in [2.05, 4.69) is 15.8 Å². The van der Waals surface area contributed by atoms with Crippen LogP contribution >= 0.6 is 11.6 Å². The Hall–Kier alpha value is -3.26. The number of nitrogens with zero attached hydrogens (tertiary/aromatic N) is 2. The van der Waals surface area contributed by atoms with E-state index < -0.39 is 5.60 Å². The fourth-order valence-corrected chi connectivity index (χ4v) is 3.87. The quantitative estimate of drug-likeness (QED) is 0.744. The van der Waals surface area contributed by atoms with Gasteiger partial charge in [-0.2, -0.15) is 0 Å². The average molecular weight is 443 g/mol. The van der Waals surface area contributed by atoms with Gasteiger partial charge in [0.05, 0.1) is 13.7 Å². The molecule has 2 aliphatic heterocycles. The zero-order chi connectivity index (χ0) is 21.8. The zero-order valence-corrected chi connectivity index (χ0v) is 17.8. The second-order valence-electron chi connectivity index (χ2n) is 7.63. The molecule has 1 spiro atoms. The van der Waals surface area contributed by atoms with Gasteiger partial charge in [-0.25, -0.2) is 4.79 Å². The first-order valence-electron chi connectivity index (χ1n) is 9.98. The number of carbonyl (C=O) groups excluding carboxylic acids is 2. The maximum absolute atomic E-state index is 12.7. The number of oxime groups is 1. The van der Waals surface area contributed by atoms with Gasteiger partial charge < -0.3 is 25.1 Å². The summed E-state index contributed by atoms with van der Waals surface area (Å²) >= 11 is 5.89. The van der Waals surface area contributed by atoms with Crippen molar-refractivity contribution < 1.29 is 19.2 Å². The average Bonchev–Trinajstić information content (AvgIpc) is 3.19. The van der Waals surface area contributed by atoms with Crippen LogP contribution in [0, 0.1) is 0 Å². The van der Waals surface area contributed by atoms with Gasteiger partial charge >= 0.3 is 6.03 Å². The third kappa shape index (κ3) is 4.91. The highest BCUT2D eigenvalue weighted by molar-refractivity contribution is 6.43. The number of halogens is 1. The van der Waals surface area contributed by atoms with Crippen LogP contribution in [-0.2, 0) is 9.63 Å². The highest BCUT2D eigenvalue weighted by atomic mass is 35.5. The van der Waals surface area contributed by atoms with Gasteiger partial charge in [-0.1, -0.05) is 16.8 Å². The molecule has 2 N–H and O–H groups in total. The molecule has 0 bridgehead atoms. The molecule has 1 atom stereocenters. The van der Waals surface area contributed by atoms with Crippen molar-refractivity contribution in [3.05, 3.63) is 53.6 Å². The molecule has 1 saturated heterocycles. The third-order valence-electron chi connectivity index (χ3n) is 5.37. The summed E-state index contributed by atoms with van der Waals surface area (Å²) in [5.41, 5.74) is 0.942. The molecule has 0 saturated carbocycles. The molecule has 9 heteroatoms. The van der Waals surface area contributed by atoms with Crippen LogP contribution in [0.5, 0.6) is 5.75 Å². The number of hydrogen-bond donors (Lipinski definition) is 2. The standard InChI is InChI=1S/C22H23ClN4O4/c1-30-18-9-7-16(8-10-18)24-20(28)19-13-22(31-26-19)11-2-12-27(14-22)21(29)25-17-5-3-15(23)4-6-17/h3-10H,2,11-14H2,1H3,(H,24,28)(H,25,29). The number of ether oxygens (including phenoxy) is 1. The summed E-state index contributed by atoms with van der Waals surface area (Å²) in [7, 11) is 1.58. The molecule has 8 nitrogen and oxygen atoms in total. The molecular weight excluding hydrogens is 420 g/mol. The van der Waals surface area contributed by atoms with Crippen molar-refractivity contribution in [2.24, 2.45) is 5.16 Å². The van der Waals surface area contributed by atoms with E-state index in [1.807, 2.05) is 0 Å². The van der Waals surface area contributed by atoms with Crippen molar-refractivity contribution in [1.29, 1.82) is 0 Å². The highest BCUT2D eigenvalue weighted by Gasteiger charge is 2.45. The Labute approximate surface area is 185 Å². The van der Waals surface area contributed by atoms with Crippen LogP contribution in [-0.4, -0.2) is 48.4 Å². The number of rotatable bonds is 4. The molecule has 1 fully saturated rings. The Kier molecular flexibility index (Phi) is 5.99. The number of urea groups is 1. The Morgan fingerprint density at radius 1 is 1.10 bits per heavy atom. The molecule has 4 rings (SSSR count). The van der Waals surface area contributed by atoms with Crippen LogP contribution in [0.15, 0.2) is 53.7 Å². The molecule has 0 aromatic heterocycles. The van der Waals surface area contributed by atoms with Crippen LogP contribution in [0.25, 0.3) is 0 Å². The van der Waals surface area contributed by atoms with Crippen molar-refractivity contribution in [3.63, 3.8) is 0 Å². The predicted molar refractivity (Wildman–Crippen MR) is 119 cm³/mol.